The lowest BCUT2D eigenvalue weighted by atomic mass is 9.44. The summed E-state index contributed by atoms with van der Waals surface area (Å²) in [5.74, 6) is 5.12. The average molecular weight is 536 g/mol. The van der Waals surface area contributed by atoms with Gasteiger partial charge in [0.2, 0.25) is 12.5 Å². The highest BCUT2D eigenvalue weighted by molar-refractivity contribution is 5.97. The molecular weight excluding hydrogens is 490 g/mol. The fourth-order valence-electron chi connectivity index (χ4n) is 10.3. The molecule has 6 nitrogen and oxygen atoms in total. The molecule has 0 amide bonds. The van der Waals surface area contributed by atoms with Crippen LogP contribution < -0.4 is 14.2 Å². The second-order valence-corrected chi connectivity index (χ2v) is 14.0. The highest BCUT2D eigenvalue weighted by atomic mass is 16.7. The number of carbonyl (C=O) groups is 1. The predicted octanol–water partition coefficient (Wildman–Crippen LogP) is 5.85. The van der Waals surface area contributed by atoms with Crippen LogP contribution in [0.2, 0.25) is 0 Å². The number of methoxy groups -OCH3 is 1. The van der Waals surface area contributed by atoms with Crippen LogP contribution in [-0.4, -0.2) is 49.4 Å². The SMILES string of the molecule is COc1c2c(cc3c1[C@@H](CC(=O)C1=CC[C@@H]4[C@@H]5CC[C@H]6C[C@H](O)CC[C@]6(C)[C@H]5CC[C@@]14C)N(C)CC3)OCO2. The maximum Gasteiger partial charge on any atom is 0.231 e. The smallest absolute Gasteiger partial charge is 0.231 e. The number of likely N-dealkylation sites (N-methyl/N-ethyl adjacent to an activating group) is 1. The van der Waals surface area contributed by atoms with Crippen molar-refractivity contribution in [2.45, 2.75) is 90.2 Å². The molecule has 6 heteroatoms. The van der Waals surface area contributed by atoms with Crippen LogP contribution in [0, 0.1) is 34.5 Å². The zero-order valence-corrected chi connectivity index (χ0v) is 24.1. The van der Waals surface area contributed by atoms with E-state index in [1.807, 2.05) is 0 Å². The third-order valence-electron chi connectivity index (χ3n) is 12.4. The molecule has 39 heavy (non-hydrogen) atoms. The highest BCUT2D eigenvalue weighted by Gasteiger charge is 2.59. The lowest BCUT2D eigenvalue weighted by Gasteiger charge is -2.60. The number of rotatable bonds is 4. The van der Waals surface area contributed by atoms with Crippen LogP contribution in [0.3, 0.4) is 0 Å². The molecule has 0 bridgehead atoms. The third kappa shape index (κ3) is 3.76. The molecule has 4 aliphatic carbocycles. The number of aliphatic hydroxyl groups is 1. The summed E-state index contributed by atoms with van der Waals surface area (Å²) in [4.78, 5) is 16.5. The number of Topliss-reactive ketones (excluding diaryl/α,β-unsaturated/α-hetero) is 1. The van der Waals surface area contributed by atoms with Crippen molar-refractivity contribution in [1.82, 2.24) is 4.90 Å². The number of nitrogens with zero attached hydrogens (tertiary/aromatic N) is 1. The van der Waals surface area contributed by atoms with E-state index in [1.54, 1.807) is 7.11 Å². The van der Waals surface area contributed by atoms with Crippen LogP contribution in [0.5, 0.6) is 17.2 Å². The van der Waals surface area contributed by atoms with E-state index in [4.69, 9.17) is 14.2 Å². The lowest BCUT2D eigenvalue weighted by Crippen LogP contribution is -2.53. The molecule has 8 atom stereocenters. The first-order chi connectivity index (χ1) is 18.7. The van der Waals surface area contributed by atoms with E-state index in [0.29, 0.717) is 41.1 Å². The highest BCUT2D eigenvalue weighted by Crippen LogP contribution is 2.66. The van der Waals surface area contributed by atoms with Crippen LogP contribution in [-0.2, 0) is 11.2 Å². The Bertz CT molecular complexity index is 1210. The average Bonchev–Trinajstić information content (AvgIpc) is 3.53. The largest absolute Gasteiger partial charge is 0.492 e. The molecule has 0 aromatic heterocycles. The number of ether oxygens (including phenoxy) is 3. The van der Waals surface area contributed by atoms with Gasteiger partial charge in [-0.25, -0.2) is 0 Å². The molecule has 1 aromatic rings. The number of aliphatic hydroxyl groups excluding tert-OH is 1. The third-order valence-corrected chi connectivity index (χ3v) is 12.4. The van der Waals surface area contributed by atoms with Gasteiger partial charge in [-0.15, -0.1) is 0 Å². The molecule has 1 N–H and O–H groups in total. The van der Waals surface area contributed by atoms with Gasteiger partial charge in [0, 0.05) is 24.6 Å². The summed E-state index contributed by atoms with van der Waals surface area (Å²) in [5, 5.41) is 10.4. The topological polar surface area (TPSA) is 68.2 Å². The molecule has 6 aliphatic rings. The Hall–Kier alpha value is -2.05. The summed E-state index contributed by atoms with van der Waals surface area (Å²) in [6.45, 7) is 6.06. The van der Waals surface area contributed by atoms with Crippen molar-refractivity contribution in [2.24, 2.45) is 34.5 Å². The molecule has 0 spiro atoms. The first kappa shape index (κ1) is 25.9. The first-order valence-corrected chi connectivity index (χ1v) is 15.4. The molecule has 0 saturated heterocycles. The molecule has 212 valence electrons. The molecular formula is C33H45NO5. The van der Waals surface area contributed by atoms with E-state index in [2.05, 4.69) is 37.9 Å². The fourth-order valence-corrected chi connectivity index (χ4v) is 10.3. The zero-order valence-electron chi connectivity index (χ0n) is 24.1. The van der Waals surface area contributed by atoms with Crippen molar-refractivity contribution in [3.05, 3.63) is 28.8 Å². The van der Waals surface area contributed by atoms with Gasteiger partial charge < -0.3 is 19.3 Å². The maximum atomic E-state index is 14.2. The van der Waals surface area contributed by atoms with Crippen molar-refractivity contribution in [3.63, 3.8) is 0 Å². The van der Waals surface area contributed by atoms with Crippen LogP contribution in [0.4, 0.5) is 0 Å². The summed E-state index contributed by atoms with van der Waals surface area (Å²) < 4.78 is 17.4. The first-order valence-electron chi connectivity index (χ1n) is 15.4. The van der Waals surface area contributed by atoms with Gasteiger partial charge in [0.1, 0.15) is 0 Å². The lowest BCUT2D eigenvalue weighted by molar-refractivity contribution is -0.126. The Morgan fingerprint density at radius 3 is 2.82 bits per heavy atom. The van der Waals surface area contributed by atoms with Gasteiger partial charge in [-0.1, -0.05) is 19.9 Å². The van der Waals surface area contributed by atoms with Gasteiger partial charge >= 0.3 is 0 Å². The quantitative estimate of drug-likeness (QED) is 0.522. The van der Waals surface area contributed by atoms with E-state index >= 15 is 0 Å². The molecule has 0 unspecified atom stereocenters. The Kier molecular flexibility index (Phi) is 6.13. The number of hydrogen-bond acceptors (Lipinski definition) is 6. The maximum absolute atomic E-state index is 14.2. The molecule has 3 saturated carbocycles. The molecule has 1 aromatic carbocycles. The van der Waals surface area contributed by atoms with Crippen molar-refractivity contribution in [1.29, 1.82) is 0 Å². The van der Waals surface area contributed by atoms with Gasteiger partial charge in [-0.2, -0.15) is 0 Å². The minimum Gasteiger partial charge on any atom is -0.492 e. The van der Waals surface area contributed by atoms with E-state index in [9.17, 15) is 9.90 Å². The number of hydrogen-bond donors (Lipinski definition) is 1. The standard InChI is InChI=1S/C33H45NO5/c1-32-12-9-21(35)16-20(32)5-6-22-23-7-8-25(33(23,2)13-10-24(22)32)27(36)17-26-29-19(11-14-34(26)3)15-28-30(31(29)37-4)39-18-38-28/h8,15,20-24,26,35H,5-7,9-14,16-18H2,1-4H3/t20-,21+,22-,23+,24-,26+,32-,33+/m0/s1. The summed E-state index contributed by atoms with van der Waals surface area (Å²) in [7, 11) is 3.82. The van der Waals surface area contributed by atoms with Gasteiger partial charge in [0.05, 0.1) is 13.2 Å². The second-order valence-electron chi connectivity index (χ2n) is 14.0. The van der Waals surface area contributed by atoms with Crippen LogP contribution in [0.15, 0.2) is 17.7 Å². The second kappa shape index (κ2) is 9.24. The summed E-state index contributed by atoms with van der Waals surface area (Å²) in [6.07, 6.45) is 12.6. The van der Waals surface area contributed by atoms with E-state index < -0.39 is 0 Å². The van der Waals surface area contributed by atoms with E-state index in [0.717, 1.165) is 73.6 Å². The van der Waals surface area contributed by atoms with Crippen LogP contribution >= 0.6 is 0 Å². The zero-order chi connectivity index (χ0) is 27.1. The fraction of sp³-hybridized carbons (Fsp3) is 0.727. The van der Waals surface area contributed by atoms with Crippen LogP contribution in [0.25, 0.3) is 0 Å². The molecule has 0 radical (unpaired) electrons. The van der Waals surface area contributed by atoms with Crippen LogP contribution in [0.1, 0.15) is 88.8 Å². The number of ketones is 1. The Labute approximate surface area is 233 Å². The van der Waals surface area contributed by atoms with Gasteiger partial charge in [0.15, 0.2) is 17.3 Å². The van der Waals surface area contributed by atoms with Crippen molar-refractivity contribution >= 4 is 5.78 Å². The summed E-state index contributed by atoms with van der Waals surface area (Å²) in [6, 6.07) is 2.06. The minimum atomic E-state index is -0.104. The van der Waals surface area contributed by atoms with Crippen molar-refractivity contribution in [3.8, 4) is 17.2 Å². The Balaban J connectivity index is 1.14. The number of fused-ring (bicyclic) bond motifs is 7. The number of benzene rings is 1. The molecule has 2 heterocycles. The minimum absolute atomic E-state index is 0.0231. The van der Waals surface area contributed by atoms with Gasteiger partial charge in [-0.3, -0.25) is 9.69 Å². The number of carbonyl (C=O) groups excluding carboxylic acids is 1. The predicted molar refractivity (Wildman–Crippen MR) is 149 cm³/mol. The molecule has 2 aliphatic heterocycles. The Morgan fingerprint density at radius 1 is 1.15 bits per heavy atom. The van der Waals surface area contributed by atoms with E-state index in [-0.39, 0.29) is 24.4 Å². The molecule has 3 fully saturated rings. The number of allylic oxidation sites excluding steroid dienone is 2. The Morgan fingerprint density at radius 2 is 2.00 bits per heavy atom. The van der Waals surface area contributed by atoms with Gasteiger partial charge in [-0.05, 0) is 117 Å². The molecule has 7 rings (SSSR count). The summed E-state index contributed by atoms with van der Waals surface area (Å²) >= 11 is 0. The van der Waals surface area contributed by atoms with Gasteiger partial charge in [0.25, 0.3) is 0 Å². The van der Waals surface area contributed by atoms with Crippen molar-refractivity contribution < 1.29 is 24.1 Å². The van der Waals surface area contributed by atoms with Crippen molar-refractivity contribution in [2.75, 3.05) is 27.5 Å². The van der Waals surface area contributed by atoms with E-state index in [1.165, 1.54) is 24.8 Å². The summed E-state index contributed by atoms with van der Waals surface area (Å²) in [5.41, 5.74) is 3.73. The monoisotopic (exact) mass is 535 g/mol. The normalized spacial score (nSPS) is 40.7.